The zero-order valence-corrected chi connectivity index (χ0v) is 11.0. The van der Waals surface area contributed by atoms with Gasteiger partial charge in [0.15, 0.2) is 5.78 Å². The molecule has 106 valence electrons. The predicted molar refractivity (Wildman–Crippen MR) is 62.7 cm³/mol. The van der Waals surface area contributed by atoms with E-state index in [0.29, 0.717) is 19.4 Å². The van der Waals surface area contributed by atoms with E-state index in [-0.39, 0.29) is 29.8 Å². The van der Waals surface area contributed by atoms with E-state index < -0.39 is 17.7 Å². The summed E-state index contributed by atoms with van der Waals surface area (Å²) in [5.74, 6) is -1.05. The molecule has 0 amide bonds. The van der Waals surface area contributed by atoms with Crippen molar-refractivity contribution in [3.8, 4) is 0 Å². The number of rotatable bonds is 4. The average Bonchev–Trinajstić information content (AvgIpc) is 3.22. The van der Waals surface area contributed by atoms with Gasteiger partial charge >= 0.3 is 5.97 Å². The Bertz CT molecular complexity index is 429. The first-order valence-corrected chi connectivity index (χ1v) is 6.52. The maximum absolute atomic E-state index is 12.0. The predicted octanol–water partition coefficient (Wildman–Crippen LogP) is 0.382. The van der Waals surface area contributed by atoms with Crippen LogP contribution in [0, 0.1) is 5.92 Å². The minimum atomic E-state index is -0.893. The van der Waals surface area contributed by atoms with Gasteiger partial charge in [-0.15, -0.1) is 0 Å². The molecule has 3 rings (SSSR count). The van der Waals surface area contributed by atoms with E-state index >= 15 is 0 Å². The second kappa shape index (κ2) is 4.01. The average molecular weight is 270 g/mol. The monoisotopic (exact) mass is 270 g/mol. The number of carbonyl (C=O) groups is 2. The summed E-state index contributed by atoms with van der Waals surface area (Å²) in [6.07, 6.45) is 0.164. The first-order chi connectivity index (χ1) is 8.93. The third-order valence-corrected chi connectivity index (χ3v) is 4.71. The Balaban J connectivity index is 1.84. The van der Waals surface area contributed by atoms with Crippen molar-refractivity contribution in [2.45, 2.75) is 49.6 Å². The van der Waals surface area contributed by atoms with Gasteiger partial charge in [0.05, 0.1) is 25.0 Å². The Morgan fingerprint density at radius 2 is 2.26 bits per heavy atom. The van der Waals surface area contributed by atoms with Crippen LogP contribution in [0.3, 0.4) is 0 Å². The highest BCUT2D eigenvalue weighted by Crippen LogP contribution is 2.58. The molecule has 1 aliphatic carbocycles. The molecule has 2 saturated heterocycles. The molecule has 0 radical (unpaired) electrons. The highest BCUT2D eigenvalue weighted by molar-refractivity contribution is 5.85. The first kappa shape index (κ1) is 13.0. The number of Topliss-reactive ketones (excluding diaryl/α,β-unsaturated/α-hetero) is 1. The molecule has 0 bridgehead atoms. The molecule has 2 heterocycles. The van der Waals surface area contributed by atoms with E-state index in [9.17, 15) is 9.59 Å². The van der Waals surface area contributed by atoms with Crippen LogP contribution >= 0.6 is 0 Å². The van der Waals surface area contributed by atoms with Crippen LogP contribution in [0.25, 0.3) is 0 Å². The highest BCUT2D eigenvalue weighted by Gasteiger charge is 2.72. The molecule has 6 heteroatoms. The summed E-state index contributed by atoms with van der Waals surface area (Å²) in [6.45, 7) is 2.46. The number of carbonyl (C=O) groups excluding carboxylic acids is 1. The van der Waals surface area contributed by atoms with E-state index in [1.54, 1.807) is 0 Å². The maximum Gasteiger partial charge on any atom is 0.306 e. The molecule has 0 aromatic rings. The van der Waals surface area contributed by atoms with Crippen LogP contribution in [-0.4, -0.2) is 54.0 Å². The summed E-state index contributed by atoms with van der Waals surface area (Å²) in [5.41, 5.74) is -0.984. The zero-order chi connectivity index (χ0) is 13.8. The van der Waals surface area contributed by atoms with Crippen LogP contribution in [-0.2, 0) is 23.8 Å². The number of ether oxygens (including phenoxy) is 3. The molecule has 2 aliphatic heterocycles. The summed E-state index contributed by atoms with van der Waals surface area (Å²) in [6, 6.07) is 0. The van der Waals surface area contributed by atoms with Crippen LogP contribution in [0.1, 0.15) is 26.2 Å². The normalized spacial score (nSPS) is 48.3. The standard InChI is InChI=1S/C13H18O6/c1-12(8(19-12)5-9(15)16)11-10(17-2)7(14)3-4-13(11)6-18-13/h8,10-11H,3-6H2,1-2H3,(H,15,16)/t8-,10-,11-,12?,13+/m1/s1. The summed E-state index contributed by atoms with van der Waals surface area (Å²) < 4.78 is 16.6. The van der Waals surface area contributed by atoms with Gasteiger partial charge in [-0.1, -0.05) is 0 Å². The van der Waals surface area contributed by atoms with Crippen molar-refractivity contribution in [1.82, 2.24) is 0 Å². The second-order valence-electron chi connectivity index (χ2n) is 5.84. The lowest BCUT2D eigenvalue weighted by Gasteiger charge is -2.37. The number of ketones is 1. The topological polar surface area (TPSA) is 88.7 Å². The van der Waals surface area contributed by atoms with Crippen molar-refractivity contribution in [2.24, 2.45) is 5.92 Å². The number of epoxide rings is 2. The Kier molecular flexibility index (Phi) is 2.75. The van der Waals surface area contributed by atoms with E-state index in [0.717, 1.165) is 0 Å². The van der Waals surface area contributed by atoms with Crippen molar-refractivity contribution in [1.29, 1.82) is 0 Å². The quantitative estimate of drug-likeness (QED) is 0.743. The lowest BCUT2D eigenvalue weighted by atomic mass is 9.69. The van der Waals surface area contributed by atoms with Gasteiger partial charge in [0.1, 0.15) is 17.3 Å². The SMILES string of the molecule is CO[C@@H]1C(=O)CC[C@]2(CO2)[C@H]1C1(C)O[C@@H]1CC(=O)O. The van der Waals surface area contributed by atoms with E-state index in [4.69, 9.17) is 19.3 Å². The smallest absolute Gasteiger partial charge is 0.306 e. The van der Waals surface area contributed by atoms with Gasteiger partial charge in [-0.05, 0) is 13.3 Å². The summed E-state index contributed by atoms with van der Waals surface area (Å²) in [7, 11) is 1.51. The first-order valence-electron chi connectivity index (χ1n) is 6.52. The molecule has 1 unspecified atom stereocenters. The number of carboxylic acids is 1. The highest BCUT2D eigenvalue weighted by atomic mass is 16.6. The fourth-order valence-corrected chi connectivity index (χ4v) is 3.55. The molecular formula is C13H18O6. The summed E-state index contributed by atoms with van der Waals surface area (Å²) in [4.78, 5) is 22.8. The lowest BCUT2D eigenvalue weighted by Crippen LogP contribution is -2.53. The molecule has 3 aliphatic rings. The molecule has 0 aromatic carbocycles. The molecule has 1 N–H and O–H groups in total. The Morgan fingerprint density at radius 1 is 1.58 bits per heavy atom. The largest absolute Gasteiger partial charge is 0.481 e. The number of hydrogen-bond acceptors (Lipinski definition) is 5. The Morgan fingerprint density at radius 3 is 2.79 bits per heavy atom. The third-order valence-electron chi connectivity index (χ3n) is 4.71. The van der Waals surface area contributed by atoms with Crippen LogP contribution in [0.2, 0.25) is 0 Å². The number of aliphatic carboxylic acids is 1. The lowest BCUT2D eigenvalue weighted by molar-refractivity contribution is -0.142. The van der Waals surface area contributed by atoms with E-state index in [2.05, 4.69) is 0 Å². The van der Waals surface area contributed by atoms with Crippen molar-refractivity contribution in [2.75, 3.05) is 13.7 Å². The molecular weight excluding hydrogens is 252 g/mol. The van der Waals surface area contributed by atoms with Crippen molar-refractivity contribution < 1.29 is 28.9 Å². The Hall–Kier alpha value is -0.980. The molecule has 1 spiro atoms. The van der Waals surface area contributed by atoms with Crippen LogP contribution in [0.15, 0.2) is 0 Å². The van der Waals surface area contributed by atoms with Gasteiger partial charge in [-0.3, -0.25) is 9.59 Å². The summed E-state index contributed by atoms with van der Waals surface area (Å²) in [5, 5.41) is 8.87. The van der Waals surface area contributed by atoms with Gasteiger partial charge < -0.3 is 19.3 Å². The third kappa shape index (κ3) is 1.89. The number of hydrogen-bond donors (Lipinski definition) is 1. The van der Waals surface area contributed by atoms with Crippen LogP contribution in [0.5, 0.6) is 0 Å². The van der Waals surface area contributed by atoms with Gasteiger partial charge in [0.2, 0.25) is 0 Å². The van der Waals surface area contributed by atoms with E-state index in [1.807, 2.05) is 6.92 Å². The molecule has 0 aromatic heterocycles. The molecule has 6 nitrogen and oxygen atoms in total. The second-order valence-corrected chi connectivity index (χ2v) is 5.84. The number of carboxylic acid groups (broad SMARTS) is 1. The fourth-order valence-electron chi connectivity index (χ4n) is 3.55. The van der Waals surface area contributed by atoms with Crippen LogP contribution < -0.4 is 0 Å². The van der Waals surface area contributed by atoms with Crippen molar-refractivity contribution in [3.63, 3.8) is 0 Å². The van der Waals surface area contributed by atoms with Crippen molar-refractivity contribution in [3.05, 3.63) is 0 Å². The fraction of sp³-hybridized carbons (Fsp3) is 0.846. The maximum atomic E-state index is 12.0. The van der Waals surface area contributed by atoms with Gasteiger partial charge in [0.25, 0.3) is 0 Å². The minimum Gasteiger partial charge on any atom is -0.481 e. The van der Waals surface area contributed by atoms with Gasteiger partial charge in [-0.25, -0.2) is 0 Å². The minimum absolute atomic E-state index is 0.0479. The van der Waals surface area contributed by atoms with E-state index in [1.165, 1.54) is 7.11 Å². The van der Waals surface area contributed by atoms with Crippen LogP contribution in [0.4, 0.5) is 0 Å². The summed E-state index contributed by atoms with van der Waals surface area (Å²) >= 11 is 0. The van der Waals surface area contributed by atoms with Gasteiger partial charge in [-0.2, -0.15) is 0 Å². The molecule has 19 heavy (non-hydrogen) atoms. The van der Waals surface area contributed by atoms with Crippen molar-refractivity contribution >= 4 is 11.8 Å². The Labute approximate surface area is 111 Å². The zero-order valence-electron chi connectivity index (χ0n) is 11.0. The molecule has 1 saturated carbocycles. The molecule has 3 fully saturated rings. The van der Waals surface area contributed by atoms with Gasteiger partial charge in [0, 0.05) is 13.5 Å². The number of methoxy groups -OCH3 is 1. The molecule has 5 atom stereocenters.